The molecule has 0 saturated heterocycles. The van der Waals surface area contributed by atoms with E-state index >= 15 is 0 Å². The van der Waals surface area contributed by atoms with Gasteiger partial charge in [0.25, 0.3) is 0 Å². The second-order valence-electron chi connectivity index (χ2n) is 2.07. The minimum atomic E-state index is -0.313. The van der Waals surface area contributed by atoms with Gasteiger partial charge in [0, 0.05) is 0 Å². The Kier molecular flexibility index (Phi) is 2.38. The molecule has 1 heterocycles. The Morgan fingerprint density at radius 2 is 2.27 bits per heavy atom. The molecule has 0 saturated carbocycles. The van der Waals surface area contributed by atoms with Crippen LogP contribution in [-0.2, 0) is 4.84 Å². The van der Waals surface area contributed by atoms with Gasteiger partial charge in [-0.25, -0.2) is 14.9 Å². The second kappa shape index (κ2) is 3.30. The molecule has 60 valence electrons. The normalized spacial score (nSPS) is 9.73. The average Bonchev–Trinajstić information content (AvgIpc) is 1.98. The van der Waals surface area contributed by atoms with Crippen LogP contribution in [0.2, 0.25) is 0 Å². The third kappa shape index (κ3) is 1.88. The highest BCUT2D eigenvalue weighted by molar-refractivity contribution is 5.32. The summed E-state index contributed by atoms with van der Waals surface area (Å²) in [6.45, 7) is 1.59. The summed E-state index contributed by atoms with van der Waals surface area (Å²) in [6.07, 6.45) is 0. The van der Waals surface area contributed by atoms with Gasteiger partial charge in [0.15, 0.2) is 0 Å². The van der Waals surface area contributed by atoms with Crippen LogP contribution in [0.1, 0.15) is 5.69 Å². The number of hydrogen-bond acceptors (Lipinski definition) is 3. The molecule has 0 fully saturated rings. The maximum absolute atomic E-state index is 12.6. The Hall–Kier alpha value is -1.16. The van der Waals surface area contributed by atoms with Crippen molar-refractivity contribution in [1.82, 2.24) is 4.98 Å². The van der Waals surface area contributed by atoms with E-state index in [0.717, 1.165) is 0 Å². The van der Waals surface area contributed by atoms with Crippen molar-refractivity contribution < 1.29 is 9.23 Å². The number of rotatable bonds is 2. The molecule has 11 heavy (non-hydrogen) atoms. The molecule has 1 aromatic rings. The Balaban J connectivity index is 2.86. The fraction of sp³-hybridized carbons (Fsp3) is 0.286. The second-order valence-corrected chi connectivity index (χ2v) is 2.07. The first kappa shape index (κ1) is 7.94. The number of aryl methyl sites for hydroxylation is 1. The van der Waals surface area contributed by atoms with Crippen LogP contribution in [0.5, 0.6) is 0 Å². The minimum Gasteiger partial charge on any atom is -0.278 e. The van der Waals surface area contributed by atoms with Gasteiger partial charge in [-0.2, -0.15) is 0 Å². The average molecular weight is 156 g/mol. The van der Waals surface area contributed by atoms with Crippen LogP contribution in [0.15, 0.2) is 12.1 Å². The standard InChI is InChI=1S/C7H9FN2O/c1-5-6(8)3-4-7(9-5)10-11-2/h3-4H,1-2H3,(H,9,10). The van der Waals surface area contributed by atoms with E-state index in [1.54, 1.807) is 6.92 Å². The predicted molar refractivity (Wildman–Crippen MR) is 39.6 cm³/mol. The zero-order chi connectivity index (χ0) is 8.27. The SMILES string of the molecule is CONc1ccc(F)c(C)n1. The number of hydrogen-bond donors (Lipinski definition) is 1. The third-order valence-electron chi connectivity index (χ3n) is 1.23. The molecule has 0 unspecified atom stereocenters. The Labute approximate surface area is 64.2 Å². The van der Waals surface area contributed by atoms with E-state index in [4.69, 9.17) is 0 Å². The Morgan fingerprint density at radius 1 is 1.55 bits per heavy atom. The van der Waals surface area contributed by atoms with E-state index in [2.05, 4.69) is 15.3 Å². The molecule has 1 rings (SSSR count). The minimum absolute atomic E-state index is 0.313. The molecular formula is C7H9FN2O. The summed E-state index contributed by atoms with van der Waals surface area (Å²) in [6, 6.07) is 2.84. The molecule has 1 N–H and O–H groups in total. The number of nitrogens with one attached hydrogen (secondary N) is 1. The smallest absolute Gasteiger partial charge is 0.150 e. The van der Waals surface area contributed by atoms with Gasteiger partial charge < -0.3 is 0 Å². The van der Waals surface area contributed by atoms with Crippen molar-refractivity contribution in [3.63, 3.8) is 0 Å². The highest BCUT2D eigenvalue weighted by Crippen LogP contribution is 2.07. The number of aromatic nitrogens is 1. The highest BCUT2D eigenvalue weighted by atomic mass is 19.1. The van der Waals surface area contributed by atoms with Gasteiger partial charge >= 0.3 is 0 Å². The van der Waals surface area contributed by atoms with Crippen LogP contribution in [0.25, 0.3) is 0 Å². The largest absolute Gasteiger partial charge is 0.278 e. The summed E-state index contributed by atoms with van der Waals surface area (Å²) in [5, 5.41) is 0. The van der Waals surface area contributed by atoms with E-state index < -0.39 is 0 Å². The monoisotopic (exact) mass is 156 g/mol. The molecule has 1 aromatic heterocycles. The summed E-state index contributed by atoms with van der Waals surface area (Å²) in [4.78, 5) is 8.44. The lowest BCUT2D eigenvalue weighted by molar-refractivity contribution is 0.269. The molecule has 0 aliphatic carbocycles. The fourth-order valence-corrected chi connectivity index (χ4v) is 0.705. The number of anilines is 1. The summed E-state index contributed by atoms with van der Waals surface area (Å²) >= 11 is 0. The molecule has 3 nitrogen and oxygen atoms in total. The van der Waals surface area contributed by atoms with Crippen molar-refractivity contribution in [2.45, 2.75) is 6.92 Å². The van der Waals surface area contributed by atoms with E-state index in [9.17, 15) is 4.39 Å². The van der Waals surface area contributed by atoms with Crippen molar-refractivity contribution in [3.8, 4) is 0 Å². The van der Waals surface area contributed by atoms with E-state index in [-0.39, 0.29) is 5.82 Å². The molecule has 0 aliphatic rings. The van der Waals surface area contributed by atoms with Crippen LogP contribution in [0.3, 0.4) is 0 Å². The van der Waals surface area contributed by atoms with Crippen LogP contribution in [0, 0.1) is 12.7 Å². The number of nitrogens with zero attached hydrogens (tertiary/aromatic N) is 1. The molecule has 0 atom stereocenters. The van der Waals surface area contributed by atoms with Crippen molar-refractivity contribution in [2.75, 3.05) is 12.6 Å². The topological polar surface area (TPSA) is 34.1 Å². The van der Waals surface area contributed by atoms with E-state index in [0.29, 0.717) is 11.5 Å². The first-order chi connectivity index (χ1) is 5.24. The van der Waals surface area contributed by atoms with Crippen LogP contribution in [-0.4, -0.2) is 12.1 Å². The molecule has 0 bridgehead atoms. The first-order valence-electron chi connectivity index (χ1n) is 3.16. The summed E-state index contributed by atoms with van der Waals surface area (Å²) in [7, 11) is 1.47. The van der Waals surface area contributed by atoms with Gasteiger partial charge in [-0.15, -0.1) is 0 Å². The quantitative estimate of drug-likeness (QED) is 0.659. The van der Waals surface area contributed by atoms with Crippen molar-refractivity contribution >= 4 is 5.82 Å². The van der Waals surface area contributed by atoms with Crippen molar-refractivity contribution in [2.24, 2.45) is 0 Å². The molecule has 0 amide bonds. The first-order valence-corrected chi connectivity index (χ1v) is 3.16. The van der Waals surface area contributed by atoms with Gasteiger partial charge in [-0.1, -0.05) is 0 Å². The molecule has 4 heteroatoms. The molecular weight excluding hydrogens is 147 g/mol. The van der Waals surface area contributed by atoms with Gasteiger partial charge in [0.2, 0.25) is 0 Å². The van der Waals surface area contributed by atoms with Crippen LogP contribution in [0.4, 0.5) is 10.2 Å². The molecule has 0 radical (unpaired) electrons. The predicted octanol–water partition coefficient (Wildman–Crippen LogP) is 1.50. The van der Waals surface area contributed by atoms with Crippen LogP contribution < -0.4 is 5.48 Å². The van der Waals surface area contributed by atoms with E-state index in [1.165, 1.54) is 19.2 Å². The van der Waals surface area contributed by atoms with Gasteiger partial charge in [0.05, 0.1) is 12.8 Å². The van der Waals surface area contributed by atoms with E-state index in [1.807, 2.05) is 0 Å². The lowest BCUT2D eigenvalue weighted by Crippen LogP contribution is -1.99. The lowest BCUT2D eigenvalue weighted by Gasteiger charge is -2.02. The third-order valence-corrected chi connectivity index (χ3v) is 1.23. The summed E-state index contributed by atoms with van der Waals surface area (Å²) in [5.74, 6) is 0.193. The number of pyridine rings is 1. The summed E-state index contributed by atoms with van der Waals surface area (Å²) in [5.41, 5.74) is 2.85. The Morgan fingerprint density at radius 3 is 2.82 bits per heavy atom. The zero-order valence-electron chi connectivity index (χ0n) is 6.39. The fourth-order valence-electron chi connectivity index (χ4n) is 0.705. The lowest BCUT2D eigenvalue weighted by atomic mass is 10.3. The molecule has 0 aliphatic heterocycles. The summed E-state index contributed by atoms with van der Waals surface area (Å²) < 4.78 is 12.6. The van der Waals surface area contributed by atoms with Gasteiger partial charge in [-0.3, -0.25) is 4.84 Å². The number of halogens is 1. The molecule has 0 aromatic carbocycles. The maximum atomic E-state index is 12.6. The Bertz CT molecular complexity index is 252. The zero-order valence-corrected chi connectivity index (χ0v) is 6.39. The maximum Gasteiger partial charge on any atom is 0.150 e. The van der Waals surface area contributed by atoms with Gasteiger partial charge in [0.1, 0.15) is 11.6 Å². The highest BCUT2D eigenvalue weighted by Gasteiger charge is 1.98. The van der Waals surface area contributed by atoms with Crippen LogP contribution >= 0.6 is 0 Å². The molecule has 0 spiro atoms. The van der Waals surface area contributed by atoms with Crippen molar-refractivity contribution in [1.29, 1.82) is 0 Å². The van der Waals surface area contributed by atoms with Crippen molar-refractivity contribution in [3.05, 3.63) is 23.6 Å². The van der Waals surface area contributed by atoms with Gasteiger partial charge in [-0.05, 0) is 19.1 Å².